The second-order valence-corrected chi connectivity index (χ2v) is 48.6. The van der Waals surface area contributed by atoms with Crippen molar-refractivity contribution < 1.29 is 97.1 Å². The Balaban J connectivity index is 0.000000142. The third-order valence-electron chi connectivity index (χ3n) is 27.7. The van der Waals surface area contributed by atoms with Crippen LogP contribution in [0.2, 0.25) is 0 Å². The van der Waals surface area contributed by atoms with Crippen LogP contribution in [0.1, 0.15) is 267 Å². The van der Waals surface area contributed by atoms with Gasteiger partial charge in [-0.15, -0.1) is 0 Å². The van der Waals surface area contributed by atoms with Crippen LogP contribution in [-0.4, -0.2) is 143 Å². The van der Waals surface area contributed by atoms with Gasteiger partial charge in [0.2, 0.25) is 5.91 Å². The van der Waals surface area contributed by atoms with Crippen LogP contribution < -0.4 is 40.2 Å². The number of likely N-dealkylation sites (N-methyl/N-ethyl adjacent to an activating group) is 1. The van der Waals surface area contributed by atoms with Crippen LogP contribution in [-0.2, 0) is 94.3 Å². The molecule has 4 aromatic heterocycles. The van der Waals surface area contributed by atoms with Crippen LogP contribution in [0.25, 0.3) is 66.4 Å². The molecule has 4 fully saturated rings. The SMILES string of the molecule is CC(C)(C)OC(=O)CC1(Cc2ccc(-n3c4c(c5cc(Br)ccc53)CCN(C(=O)C(C)(C)C)C4=O)cc2)CC1.CC(C)(C)OC(=O)CC1(Cc2ccc(-n3c4c(c5cc(Br)ccc53)CCNC4=O)cc2)CC1.CC(C)(C)OC(=O)CC1(Cc2ccc(-n3c4c(c5cc(Br)ccc53)CCNC4=O)cc2)CC1.CN1CCc2c(n(-c3ccc(CC4(CC(=O)OC(C)(C)C)CC4)cc3)c3ccc(Br)cc23)C1=O.[Na+].[OH-]. The van der Waals surface area contributed by atoms with Crippen LogP contribution in [0.15, 0.2) is 188 Å². The van der Waals surface area contributed by atoms with Gasteiger partial charge >= 0.3 is 53.4 Å². The number of hydrogen-bond donors (Lipinski definition) is 2. The molecular weight excluding hydrogens is 2050 g/mol. The van der Waals surface area contributed by atoms with E-state index in [-0.39, 0.29) is 110 Å². The molecule has 4 saturated carbocycles. The number of amides is 5. The first-order valence-corrected chi connectivity index (χ1v) is 51.9. The minimum atomic E-state index is -0.646. The van der Waals surface area contributed by atoms with Crippen molar-refractivity contribution in [1.29, 1.82) is 0 Å². The third-order valence-corrected chi connectivity index (χ3v) is 29.7. The summed E-state index contributed by atoms with van der Waals surface area (Å²) in [7, 11) is 1.87. The summed E-state index contributed by atoms with van der Waals surface area (Å²) >= 11 is 14.3. The summed E-state index contributed by atoms with van der Waals surface area (Å²) in [4.78, 5) is 119. The predicted octanol–water partition coefficient (Wildman–Crippen LogP) is 21.4. The zero-order valence-electron chi connectivity index (χ0n) is 84.1. The number of benzene rings is 8. The fourth-order valence-electron chi connectivity index (χ4n) is 20.6. The molecule has 4 aliphatic carbocycles. The number of carbonyl (C=O) groups excluding carboxylic acids is 9. The van der Waals surface area contributed by atoms with Gasteiger partial charge in [-0.05, 0) is 373 Å². The summed E-state index contributed by atoms with van der Waals surface area (Å²) in [5.41, 5.74) is 17.3. The molecule has 0 bridgehead atoms. The summed E-state index contributed by atoms with van der Waals surface area (Å²) in [6.45, 7) is 30.9. The Bertz CT molecular complexity index is 6700. The number of rotatable bonds is 20. The van der Waals surface area contributed by atoms with E-state index >= 15 is 0 Å². The molecule has 141 heavy (non-hydrogen) atoms. The van der Waals surface area contributed by atoms with Crippen molar-refractivity contribution >= 4 is 161 Å². The number of carbonyl (C=O) groups is 9. The molecule has 736 valence electrons. The van der Waals surface area contributed by atoms with Crippen LogP contribution in [0, 0.1) is 27.1 Å². The Kier molecular flexibility index (Phi) is 30.4. The molecule has 4 aliphatic heterocycles. The van der Waals surface area contributed by atoms with Crippen molar-refractivity contribution in [3.8, 4) is 22.7 Å². The quantitative estimate of drug-likeness (QED) is 0.0408. The van der Waals surface area contributed by atoms with Gasteiger partial charge in [-0.2, -0.15) is 0 Å². The normalized spacial score (nSPS) is 16.7. The molecule has 0 unspecified atom stereocenters. The van der Waals surface area contributed by atoms with Crippen molar-refractivity contribution in [2.45, 2.75) is 255 Å². The van der Waals surface area contributed by atoms with Gasteiger partial charge in [-0.3, -0.25) is 48.1 Å². The molecule has 8 aromatic carbocycles. The standard InChI is InChI=1S/C32H37BrN2O4.C28H31BrN2O3.2C27H29BrN2O3.Na.H2O/c1-30(2,3)29(38)34-16-13-23-24-17-21(33)9-12-25(24)35(27(23)28(34)37)22-10-7-20(8-11-22)18-32(14-15-32)19-26(36)39-31(4,5)6;1-27(2,3)34-24(32)17-28(12-13-28)16-18-5-8-20(9-6-18)31-23-10-7-19(29)15-22(23)21-11-14-30(4)26(33)25(21)31;2*1-26(2,3)33-23(31)16-27(11-12-27)15-17-4-7-19(8-5-17)30-22-9-6-18(28)14-21(22)20-10-13-29-25(32)24(20)30;;/h7-12,17H,13-16,18-19H2,1-6H3;5-10,15H,11-14,16-17H2,1-4H3;2*4-9,14H,10-13,15-16H2,1-3H3,(H,29,32);;1H2/q;;;;+1;/p-1. The molecule has 3 N–H and O–H groups in total. The molecule has 27 heteroatoms. The van der Waals surface area contributed by atoms with E-state index in [9.17, 15) is 43.2 Å². The molecule has 20 rings (SSSR count). The zero-order valence-corrected chi connectivity index (χ0v) is 92.4. The molecular formula is C114H127Br4N8NaO14. The Labute approximate surface area is 881 Å². The van der Waals surface area contributed by atoms with Gasteiger partial charge in [-0.1, -0.05) is 133 Å². The molecule has 5 amide bonds. The molecule has 8 aliphatic rings. The first kappa shape index (κ1) is 106. The Morgan fingerprint density at radius 1 is 0.333 bits per heavy atom. The maximum atomic E-state index is 13.8. The minimum absolute atomic E-state index is 0. The van der Waals surface area contributed by atoms with Gasteiger partial charge in [0, 0.05) is 101 Å². The van der Waals surface area contributed by atoms with Gasteiger partial charge in [0.25, 0.3) is 23.6 Å². The van der Waals surface area contributed by atoms with Gasteiger partial charge in [0.05, 0.1) is 47.8 Å². The van der Waals surface area contributed by atoms with Crippen LogP contribution in [0.5, 0.6) is 0 Å². The second kappa shape index (κ2) is 40.7. The van der Waals surface area contributed by atoms with Gasteiger partial charge in [0.1, 0.15) is 45.2 Å². The monoisotopic (exact) mass is 2170 g/mol. The first-order chi connectivity index (χ1) is 65.5. The number of aromatic nitrogens is 4. The van der Waals surface area contributed by atoms with E-state index in [1.54, 1.807) is 4.90 Å². The van der Waals surface area contributed by atoms with Crippen LogP contribution in [0.3, 0.4) is 0 Å². The zero-order chi connectivity index (χ0) is 99.3. The molecule has 8 heterocycles. The van der Waals surface area contributed by atoms with E-state index in [0.29, 0.717) is 57.4 Å². The van der Waals surface area contributed by atoms with E-state index in [1.165, 1.54) is 21.6 Å². The number of nitrogens with zero attached hydrogens (tertiary/aromatic N) is 6. The average Bonchev–Trinajstić information content (AvgIpc) is 1.59. The number of imide groups is 1. The summed E-state index contributed by atoms with van der Waals surface area (Å²) in [5, 5.41) is 10.4. The van der Waals surface area contributed by atoms with Crippen molar-refractivity contribution in [1.82, 2.24) is 38.7 Å². The molecule has 0 saturated heterocycles. The fourth-order valence-corrected chi connectivity index (χ4v) is 22.0. The van der Waals surface area contributed by atoms with Crippen molar-refractivity contribution in [3.63, 3.8) is 0 Å². The number of halogens is 4. The summed E-state index contributed by atoms with van der Waals surface area (Å²) < 4.78 is 34.5. The van der Waals surface area contributed by atoms with Gasteiger partial charge in [0.15, 0.2) is 0 Å². The maximum Gasteiger partial charge on any atom is 1.00 e. The number of esters is 4. The smallest absolute Gasteiger partial charge is 0.870 e. The molecule has 0 radical (unpaired) electrons. The van der Waals surface area contributed by atoms with Crippen molar-refractivity contribution in [2.75, 3.05) is 33.2 Å². The molecule has 12 aromatic rings. The van der Waals surface area contributed by atoms with Crippen LogP contribution in [0.4, 0.5) is 0 Å². The van der Waals surface area contributed by atoms with Gasteiger partial charge in [-0.25, -0.2) is 0 Å². The summed E-state index contributed by atoms with van der Waals surface area (Å²) in [5.74, 6) is -0.871. The topological polar surface area (TPSA) is 271 Å². The Hall–Kier alpha value is -9.77. The summed E-state index contributed by atoms with van der Waals surface area (Å²) in [6.07, 6.45) is 16.7. The second-order valence-electron chi connectivity index (χ2n) is 45.0. The molecule has 0 spiro atoms. The van der Waals surface area contributed by atoms with Crippen molar-refractivity contribution in [3.05, 3.63) is 255 Å². The average molecular weight is 2180 g/mol. The molecule has 22 nitrogen and oxygen atoms in total. The largest absolute Gasteiger partial charge is 1.00 e. The number of nitrogens with one attached hydrogen (secondary N) is 2. The predicted molar refractivity (Wildman–Crippen MR) is 561 cm³/mol. The van der Waals surface area contributed by atoms with E-state index in [0.717, 1.165) is 232 Å². The Morgan fingerprint density at radius 2 is 0.574 bits per heavy atom. The van der Waals surface area contributed by atoms with E-state index < -0.39 is 27.8 Å². The minimum Gasteiger partial charge on any atom is -0.870 e. The number of fused-ring (bicyclic) bond motifs is 12. The van der Waals surface area contributed by atoms with E-state index in [2.05, 4.69) is 215 Å². The number of ether oxygens (including phenoxy) is 4. The molecule has 0 atom stereocenters. The first-order valence-electron chi connectivity index (χ1n) is 48.8. The Morgan fingerprint density at radius 3 is 0.823 bits per heavy atom. The van der Waals surface area contributed by atoms with Crippen LogP contribution >= 0.6 is 63.7 Å². The third kappa shape index (κ3) is 24.1. The number of hydrogen-bond acceptors (Lipinski definition) is 14. The fraction of sp³-hybridized carbons (Fsp3) is 0.430. The maximum absolute atomic E-state index is 13.8. The van der Waals surface area contributed by atoms with E-state index in [4.69, 9.17) is 18.9 Å². The summed E-state index contributed by atoms with van der Waals surface area (Å²) in [6, 6.07) is 58.3. The van der Waals surface area contributed by atoms with Gasteiger partial charge < -0.3 is 58.2 Å². The van der Waals surface area contributed by atoms with E-state index in [1.807, 2.05) is 158 Å². The van der Waals surface area contributed by atoms with Crippen molar-refractivity contribution in [2.24, 2.45) is 27.1 Å².